The van der Waals surface area contributed by atoms with Crippen molar-refractivity contribution in [3.8, 4) is 0 Å². The van der Waals surface area contributed by atoms with E-state index < -0.39 is 6.09 Å². The molecule has 0 fully saturated rings. The summed E-state index contributed by atoms with van der Waals surface area (Å²) < 4.78 is 4.55. The number of carbonyl (C=O) groups is 1. The van der Waals surface area contributed by atoms with E-state index >= 15 is 0 Å². The van der Waals surface area contributed by atoms with Crippen molar-refractivity contribution in [1.29, 1.82) is 0 Å². The molecule has 0 aromatic carbocycles. The molecule has 5 nitrogen and oxygen atoms in total. The smallest absolute Gasteiger partial charge is 0.407 e. The van der Waals surface area contributed by atoms with E-state index in [0.717, 1.165) is 6.54 Å². The van der Waals surface area contributed by atoms with Crippen LogP contribution in [0.15, 0.2) is 0 Å². The molecule has 0 aliphatic heterocycles. The zero-order valence-corrected chi connectivity index (χ0v) is 7.54. The molecule has 1 amide bonds. The van der Waals surface area contributed by atoms with Crippen molar-refractivity contribution in [1.82, 2.24) is 10.2 Å². The Morgan fingerprint density at radius 1 is 1.58 bits per heavy atom. The maximum atomic E-state index is 10.7. The topological polar surface area (TPSA) is 61.8 Å². The molecule has 0 aromatic heterocycles. The maximum absolute atomic E-state index is 10.7. The Morgan fingerprint density at radius 3 is 2.75 bits per heavy atom. The highest BCUT2D eigenvalue weighted by Crippen LogP contribution is 1.77. The number of alkyl carbamates (subject to hydrolysis) is 1. The zero-order chi connectivity index (χ0) is 9.40. The number of hydrogen-bond donors (Lipinski definition) is 2. The number of amides is 1. The van der Waals surface area contributed by atoms with Gasteiger partial charge in [-0.25, -0.2) is 4.79 Å². The molecule has 0 aliphatic carbocycles. The van der Waals surface area contributed by atoms with Crippen molar-refractivity contribution < 1.29 is 14.6 Å². The second-order valence-corrected chi connectivity index (χ2v) is 2.59. The van der Waals surface area contributed by atoms with Crippen LogP contribution in [-0.2, 0) is 4.74 Å². The lowest BCUT2D eigenvalue weighted by molar-refractivity contribution is 0.118. The minimum atomic E-state index is -0.481. The summed E-state index contributed by atoms with van der Waals surface area (Å²) in [5.74, 6) is 0. The zero-order valence-electron chi connectivity index (χ0n) is 7.54. The average molecular weight is 176 g/mol. The number of aliphatic hydroxyl groups is 1. The second-order valence-electron chi connectivity index (χ2n) is 2.59. The summed E-state index contributed by atoms with van der Waals surface area (Å²) >= 11 is 0. The first-order valence-electron chi connectivity index (χ1n) is 3.83. The van der Waals surface area contributed by atoms with Gasteiger partial charge in [-0.1, -0.05) is 0 Å². The van der Waals surface area contributed by atoms with Gasteiger partial charge in [0.15, 0.2) is 0 Å². The van der Waals surface area contributed by atoms with Gasteiger partial charge in [0, 0.05) is 13.1 Å². The normalized spacial score (nSPS) is 10.0. The van der Waals surface area contributed by atoms with Crippen molar-refractivity contribution >= 4 is 6.09 Å². The summed E-state index contributed by atoms with van der Waals surface area (Å²) in [7, 11) is 3.83. The number of hydrogen-bond acceptors (Lipinski definition) is 4. The van der Waals surface area contributed by atoms with E-state index in [2.05, 4.69) is 10.1 Å². The third kappa shape index (κ3) is 7.30. The predicted molar refractivity (Wildman–Crippen MR) is 45.0 cm³/mol. The van der Waals surface area contributed by atoms with E-state index in [-0.39, 0.29) is 13.2 Å². The summed E-state index contributed by atoms with van der Waals surface area (Å²) in [6.45, 7) is 1.24. The van der Waals surface area contributed by atoms with Crippen LogP contribution in [0.2, 0.25) is 0 Å². The summed E-state index contributed by atoms with van der Waals surface area (Å²) in [5.41, 5.74) is 0. The van der Waals surface area contributed by atoms with Gasteiger partial charge in [-0.15, -0.1) is 0 Å². The van der Waals surface area contributed by atoms with E-state index in [1.165, 1.54) is 0 Å². The van der Waals surface area contributed by atoms with Gasteiger partial charge < -0.3 is 20.1 Å². The molecule has 0 aliphatic rings. The number of nitrogens with zero attached hydrogens (tertiary/aromatic N) is 1. The van der Waals surface area contributed by atoms with Crippen LogP contribution >= 0.6 is 0 Å². The van der Waals surface area contributed by atoms with Crippen LogP contribution in [0.1, 0.15) is 0 Å². The first kappa shape index (κ1) is 11.2. The van der Waals surface area contributed by atoms with Gasteiger partial charge in [0.1, 0.15) is 6.61 Å². The van der Waals surface area contributed by atoms with E-state index in [1.807, 2.05) is 19.0 Å². The van der Waals surface area contributed by atoms with Crippen LogP contribution in [0, 0.1) is 0 Å². The van der Waals surface area contributed by atoms with Crippen molar-refractivity contribution in [2.45, 2.75) is 0 Å². The minimum absolute atomic E-state index is 0.0494. The molecule has 0 rings (SSSR count). The van der Waals surface area contributed by atoms with E-state index in [9.17, 15) is 4.79 Å². The van der Waals surface area contributed by atoms with Crippen molar-refractivity contribution in [3.63, 3.8) is 0 Å². The molecule has 5 heteroatoms. The number of aliphatic hydroxyl groups excluding tert-OH is 1. The van der Waals surface area contributed by atoms with Crippen LogP contribution in [-0.4, -0.2) is 56.5 Å². The number of ether oxygens (including phenoxy) is 1. The van der Waals surface area contributed by atoms with Crippen LogP contribution in [0.25, 0.3) is 0 Å². The molecule has 0 atom stereocenters. The first-order chi connectivity index (χ1) is 5.66. The van der Waals surface area contributed by atoms with Gasteiger partial charge >= 0.3 is 6.09 Å². The standard InChI is InChI=1S/C7H16N2O3/c1-9(2)4-3-8-7(11)12-6-5-10/h10H,3-6H2,1-2H3,(H,8,11). The van der Waals surface area contributed by atoms with Crippen LogP contribution in [0.3, 0.4) is 0 Å². The lowest BCUT2D eigenvalue weighted by atomic mass is 10.6. The molecule has 0 unspecified atom stereocenters. The summed E-state index contributed by atoms with van der Waals surface area (Å²) in [6.07, 6.45) is -0.481. The van der Waals surface area contributed by atoms with Gasteiger partial charge in [-0.2, -0.15) is 0 Å². The Hall–Kier alpha value is -0.810. The van der Waals surface area contributed by atoms with E-state index in [0.29, 0.717) is 6.54 Å². The summed E-state index contributed by atoms with van der Waals surface area (Å²) in [5, 5.41) is 10.9. The van der Waals surface area contributed by atoms with Crippen LogP contribution in [0.4, 0.5) is 4.79 Å². The number of carbonyl (C=O) groups excluding carboxylic acids is 1. The number of nitrogens with one attached hydrogen (secondary N) is 1. The van der Waals surface area contributed by atoms with Crippen molar-refractivity contribution in [3.05, 3.63) is 0 Å². The van der Waals surface area contributed by atoms with Crippen LogP contribution in [0.5, 0.6) is 0 Å². The molecule has 0 spiro atoms. The molecule has 0 radical (unpaired) electrons. The molecule has 12 heavy (non-hydrogen) atoms. The quantitative estimate of drug-likeness (QED) is 0.579. The van der Waals surface area contributed by atoms with Gasteiger partial charge in [0.05, 0.1) is 6.61 Å². The van der Waals surface area contributed by atoms with Gasteiger partial charge in [0.2, 0.25) is 0 Å². The molecule has 0 bridgehead atoms. The lowest BCUT2D eigenvalue weighted by Gasteiger charge is -2.10. The molecule has 0 saturated heterocycles. The molecular formula is C7H16N2O3. The highest BCUT2D eigenvalue weighted by molar-refractivity contribution is 5.67. The molecule has 72 valence electrons. The highest BCUT2D eigenvalue weighted by atomic mass is 16.6. The monoisotopic (exact) mass is 176 g/mol. The fourth-order valence-electron chi connectivity index (χ4n) is 0.571. The number of rotatable bonds is 5. The van der Waals surface area contributed by atoms with E-state index in [4.69, 9.17) is 5.11 Å². The second kappa shape index (κ2) is 6.87. The lowest BCUT2D eigenvalue weighted by Crippen LogP contribution is -2.32. The van der Waals surface area contributed by atoms with Crippen molar-refractivity contribution in [2.75, 3.05) is 40.4 Å². The Morgan fingerprint density at radius 2 is 2.25 bits per heavy atom. The minimum Gasteiger partial charge on any atom is -0.447 e. The number of likely N-dealkylation sites (N-methyl/N-ethyl adjacent to an activating group) is 1. The van der Waals surface area contributed by atoms with E-state index in [1.54, 1.807) is 0 Å². The van der Waals surface area contributed by atoms with Gasteiger partial charge in [0.25, 0.3) is 0 Å². The average Bonchev–Trinajstić information content (AvgIpc) is 2.00. The third-order valence-electron chi connectivity index (χ3n) is 1.15. The molecular weight excluding hydrogens is 160 g/mol. The molecule has 0 heterocycles. The fraction of sp³-hybridized carbons (Fsp3) is 0.857. The third-order valence-corrected chi connectivity index (χ3v) is 1.15. The van der Waals surface area contributed by atoms with Gasteiger partial charge in [-0.3, -0.25) is 0 Å². The van der Waals surface area contributed by atoms with Crippen LogP contribution < -0.4 is 5.32 Å². The Labute approximate surface area is 72.3 Å². The Kier molecular flexibility index (Phi) is 6.41. The predicted octanol–water partition coefficient (Wildman–Crippen LogP) is -0.733. The summed E-state index contributed by atoms with van der Waals surface area (Å²) in [4.78, 5) is 12.7. The Balaban J connectivity index is 3.20. The highest BCUT2D eigenvalue weighted by Gasteiger charge is 1.99. The fourth-order valence-corrected chi connectivity index (χ4v) is 0.571. The molecule has 0 saturated carbocycles. The molecule has 0 aromatic rings. The Bertz CT molecular complexity index is 128. The SMILES string of the molecule is CN(C)CCNC(=O)OCCO. The largest absolute Gasteiger partial charge is 0.447 e. The van der Waals surface area contributed by atoms with Crippen molar-refractivity contribution in [2.24, 2.45) is 0 Å². The van der Waals surface area contributed by atoms with Gasteiger partial charge in [-0.05, 0) is 14.1 Å². The maximum Gasteiger partial charge on any atom is 0.407 e. The molecule has 2 N–H and O–H groups in total. The summed E-state index contributed by atoms with van der Waals surface area (Å²) in [6, 6.07) is 0. The first-order valence-corrected chi connectivity index (χ1v) is 3.83.